The number of hydrogen-bond donors (Lipinski definition) is 0. The molecule has 0 N–H and O–H groups in total. The van der Waals surface area contributed by atoms with Crippen molar-refractivity contribution in [2.24, 2.45) is 17.3 Å². The molecular weight excluding hydrogens is 132 g/mol. The average molecular weight is 154 g/mol. The van der Waals surface area contributed by atoms with E-state index >= 15 is 0 Å². The monoisotopic (exact) mass is 154 g/mol. The first-order valence-corrected chi connectivity index (χ1v) is 5.09. The van der Waals surface area contributed by atoms with E-state index in [9.17, 15) is 0 Å². The summed E-state index contributed by atoms with van der Waals surface area (Å²) in [5.41, 5.74) is 0.604. The first-order chi connectivity index (χ1) is 5.09. The summed E-state index contributed by atoms with van der Waals surface area (Å²) in [5.74, 6) is 1.91. The predicted octanol–water partition coefficient (Wildman–Crippen LogP) is 3.86. The molecule has 11 heavy (non-hydrogen) atoms. The maximum Gasteiger partial charge on any atom is -0.0300 e. The summed E-state index contributed by atoms with van der Waals surface area (Å²) in [5, 5.41) is 0. The first-order valence-electron chi connectivity index (χ1n) is 5.09. The Morgan fingerprint density at radius 1 is 1.27 bits per heavy atom. The molecule has 0 aromatic carbocycles. The van der Waals surface area contributed by atoms with Gasteiger partial charge in [-0.3, -0.25) is 0 Å². The molecule has 1 rings (SSSR count). The Morgan fingerprint density at radius 2 is 1.91 bits per heavy atom. The maximum absolute atomic E-state index is 2.45. The maximum atomic E-state index is 2.45. The van der Waals surface area contributed by atoms with Crippen molar-refractivity contribution in [1.82, 2.24) is 0 Å². The van der Waals surface area contributed by atoms with Crippen molar-refractivity contribution in [2.75, 3.05) is 0 Å². The van der Waals surface area contributed by atoms with Crippen LogP contribution >= 0.6 is 0 Å². The zero-order valence-corrected chi connectivity index (χ0v) is 8.48. The number of hydrogen-bond acceptors (Lipinski definition) is 0. The SMILES string of the molecule is CCC1CCCC(C)C1(C)C. The van der Waals surface area contributed by atoms with E-state index in [0.717, 1.165) is 11.8 Å². The van der Waals surface area contributed by atoms with Crippen molar-refractivity contribution in [1.29, 1.82) is 0 Å². The normalized spacial score (nSPS) is 37.1. The van der Waals surface area contributed by atoms with Crippen LogP contribution in [0.4, 0.5) is 0 Å². The van der Waals surface area contributed by atoms with Crippen LogP contribution in [-0.2, 0) is 0 Å². The van der Waals surface area contributed by atoms with Gasteiger partial charge in [0.2, 0.25) is 0 Å². The molecule has 0 amide bonds. The van der Waals surface area contributed by atoms with Crippen molar-refractivity contribution in [3.63, 3.8) is 0 Å². The van der Waals surface area contributed by atoms with E-state index in [1.165, 1.54) is 25.7 Å². The summed E-state index contributed by atoms with van der Waals surface area (Å²) in [6.07, 6.45) is 5.75. The second kappa shape index (κ2) is 3.16. The van der Waals surface area contributed by atoms with Crippen LogP contribution in [0.25, 0.3) is 0 Å². The molecule has 0 nitrogen and oxygen atoms in total. The third-order valence-corrected chi connectivity index (χ3v) is 4.00. The van der Waals surface area contributed by atoms with Crippen molar-refractivity contribution < 1.29 is 0 Å². The molecule has 0 bridgehead atoms. The van der Waals surface area contributed by atoms with Crippen LogP contribution in [0.5, 0.6) is 0 Å². The Hall–Kier alpha value is 0. The lowest BCUT2D eigenvalue weighted by molar-refractivity contribution is 0.0681. The molecule has 0 aromatic rings. The van der Waals surface area contributed by atoms with Gasteiger partial charge in [-0.25, -0.2) is 0 Å². The highest BCUT2D eigenvalue weighted by Crippen LogP contribution is 2.45. The summed E-state index contributed by atoms with van der Waals surface area (Å²) in [6.45, 7) is 9.66. The smallest absolute Gasteiger partial charge is 0.0300 e. The minimum absolute atomic E-state index is 0.604. The molecule has 0 aromatic heterocycles. The van der Waals surface area contributed by atoms with Crippen molar-refractivity contribution in [3.05, 3.63) is 0 Å². The lowest BCUT2D eigenvalue weighted by Crippen LogP contribution is -2.34. The van der Waals surface area contributed by atoms with E-state index in [-0.39, 0.29) is 0 Å². The zero-order chi connectivity index (χ0) is 8.48. The van der Waals surface area contributed by atoms with Gasteiger partial charge in [0.05, 0.1) is 0 Å². The van der Waals surface area contributed by atoms with E-state index in [4.69, 9.17) is 0 Å². The van der Waals surface area contributed by atoms with Crippen LogP contribution in [0.1, 0.15) is 53.4 Å². The van der Waals surface area contributed by atoms with Crippen LogP contribution in [0.2, 0.25) is 0 Å². The molecule has 0 aliphatic heterocycles. The Labute approximate surface area is 71.4 Å². The second-order valence-corrected chi connectivity index (χ2v) is 4.76. The summed E-state index contributed by atoms with van der Waals surface area (Å²) in [6, 6.07) is 0. The molecule has 0 heteroatoms. The third-order valence-electron chi connectivity index (χ3n) is 4.00. The molecule has 0 heterocycles. The Kier molecular flexibility index (Phi) is 2.61. The summed E-state index contributed by atoms with van der Waals surface area (Å²) < 4.78 is 0. The molecule has 1 aliphatic carbocycles. The summed E-state index contributed by atoms with van der Waals surface area (Å²) >= 11 is 0. The van der Waals surface area contributed by atoms with Crippen LogP contribution < -0.4 is 0 Å². The predicted molar refractivity (Wildman–Crippen MR) is 50.6 cm³/mol. The quantitative estimate of drug-likeness (QED) is 0.538. The first kappa shape index (κ1) is 9.09. The number of rotatable bonds is 1. The van der Waals surface area contributed by atoms with E-state index in [0.29, 0.717) is 5.41 Å². The highest BCUT2D eigenvalue weighted by molar-refractivity contribution is 4.86. The van der Waals surface area contributed by atoms with Crippen LogP contribution in [0.15, 0.2) is 0 Å². The molecule has 0 spiro atoms. The van der Waals surface area contributed by atoms with Crippen molar-refractivity contribution in [3.8, 4) is 0 Å². The fourth-order valence-electron chi connectivity index (χ4n) is 2.55. The van der Waals surface area contributed by atoms with Crippen LogP contribution in [-0.4, -0.2) is 0 Å². The molecule has 66 valence electrons. The van der Waals surface area contributed by atoms with Gasteiger partial charge in [-0.1, -0.05) is 47.0 Å². The standard InChI is InChI=1S/C11H22/c1-5-10-8-6-7-9(2)11(10,3)4/h9-10H,5-8H2,1-4H3. The van der Waals surface area contributed by atoms with Gasteiger partial charge in [0.25, 0.3) is 0 Å². The fourth-order valence-corrected chi connectivity index (χ4v) is 2.55. The van der Waals surface area contributed by atoms with Gasteiger partial charge in [0, 0.05) is 0 Å². The third kappa shape index (κ3) is 1.60. The van der Waals surface area contributed by atoms with E-state index < -0.39 is 0 Å². The highest BCUT2D eigenvalue weighted by Gasteiger charge is 2.36. The molecular formula is C11H22. The van der Waals surface area contributed by atoms with Gasteiger partial charge in [-0.15, -0.1) is 0 Å². The van der Waals surface area contributed by atoms with Gasteiger partial charge in [0.1, 0.15) is 0 Å². The van der Waals surface area contributed by atoms with Crippen LogP contribution in [0.3, 0.4) is 0 Å². The van der Waals surface area contributed by atoms with Gasteiger partial charge in [0.15, 0.2) is 0 Å². The minimum atomic E-state index is 0.604. The molecule has 0 saturated heterocycles. The second-order valence-electron chi connectivity index (χ2n) is 4.76. The Morgan fingerprint density at radius 3 is 2.36 bits per heavy atom. The van der Waals surface area contributed by atoms with E-state index in [1.807, 2.05) is 0 Å². The molecule has 2 unspecified atom stereocenters. The largest absolute Gasteiger partial charge is 0.0651 e. The Bertz CT molecular complexity index is 124. The van der Waals surface area contributed by atoms with Gasteiger partial charge in [-0.2, -0.15) is 0 Å². The Balaban J connectivity index is 2.64. The topological polar surface area (TPSA) is 0 Å². The van der Waals surface area contributed by atoms with Gasteiger partial charge < -0.3 is 0 Å². The molecule has 1 aliphatic rings. The van der Waals surface area contributed by atoms with Crippen molar-refractivity contribution in [2.45, 2.75) is 53.4 Å². The fraction of sp³-hybridized carbons (Fsp3) is 1.00. The molecule has 2 atom stereocenters. The van der Waals surface area contributed by atoms with E-state index in [2.05, 4.69) is 27.7 Å². The highest BCUT2D eigenvalue weighted by atomic mass is 14.4. The molecule has 1 saturated carbocycles. The lowest BCUT2D eigenvalue weighted by Gasteiger charge is -2.43. The lowest BCUT2D eigenvalue weighted by atomic mass is 9.62. The average Bonchev–Trinajstić information content (AvgIpc) is 1.95. The zero-order valence-electron chi connectivity index (χ0n) is 8.48. The molecule has 1 fully saturated rings. The summed E-state index contributed by atoms with van der Waals surface area (Å²) in [7, 11) is 0. The van der Waals surface area contributed by atoms with Crippen molar-refractivity contribution >= 4 is 0 Å². The molecule has 0 radical (unpaired) electrons. The van der Waals surface area contributed by atoms with Gasteiger partial charge >= 0.3 is 0 Å². The van der Waals surface area contributed by atoms with E-state index in [1.54, 1.807) is 0 Å². The van der Waals surface area contributed by atoms with Crippen LogP contribution in [0, 0.1) is 17.3 Å². The summed E-state index contributed by atoms with van der Waals surface area (Å²) in [4.78, 5) is 0. The minimum Gasteiger partial charge on any atom is -0.0651 e. The van der Waals surface area contributed by atoms with Gasteiger partial charge in [-0.05, 0) is 23.7 Å².